The molecule has 1 aromatic heterocycles. The average Bonchev–Trinajstić information content (AvgIpc) is 2.72. The molecule has 2 unspecified atom stereocenters. The Kier molecular flexibility index (Phi) is 4.29. The molecule has 5 nitrogen and oxygen atoms in total. The molecule has 0 aromatic carbocycles. The fraction of sp³-hybridized carbons (Fsp3) is 0.750. The molecule has 0 saturated carbocycles. The number of fused-ring (bicyclic) bond motifs is 2. The molecule has 0 radical (unpaired) electrons. The van der Waals surface area contributed by atoms with E-state index in [0.717, 1.165) is 43.7 Å². The van der Waals surface area contributed by atoms with Crippen LogP contribution in [0.4, 0.5) is 11.6 Å². The summed E-state index contributed by atoms with van der Waals surface area (Å²) in [6.07, 6.45) is 6.61. The molecule has 2 aliphatic heterocycles. The van der Waals surface area contributed by atoms with Gasteiger partial charge in [0, 0.05) is 37.3 Å². The molecule has 0 amide bonds. The monoisotopic (exact) mass is 289 g/mol. The van der Waals surface area contributed by atoms with E-state index >= 15 is 0 Å². The molecule has 2 saturated heterocycles. The number of anilines is 2. The lowest BCUT2D eigenvalue weighted by atomic mass is 10.1. The van der Waals surface area contributed by atoms with Crippen LogP contribution >= 0.6 is 0 Å². The maximum absolute atomic E-state index is 4.62. The van der Waals surface area contributed by atoms with E-state index in [2.05, 4.69) is 46.0 Å². The summed E-state index contributed by atoms with van der Waals surface area (Å²) in [6, 6.07) is 1.44. The van der Waals surface area contributed by atoms with E-state index in [1.165, 1.54) is 24.8 Å². The van der Waals surface area contributed by atoms with Crippen LogP contribution in [0.25, 0.3) is 0 Å². The molecule has 1 aromatic rings. The van der Waals surface area contributed by atoms with Crippen molar-refractivity contribution in [3.05, 3.63) is 11.9 Å². The third-order valence-corrected chi connectivity index (χ3v) is 5.07. The van der Waals surface area contributed by atoms with Crippen LogP contribution < -0.4 is 10.2 Å². The zero-order valence-electron chi connectivity index (χ0n) is 13.5. The lowest BCUT2D eigenvalue weighted by Crippen LogP contribution is -2.37. The normalized spacial score (nSPS) is 26.0. The molecular weight excluding hydrogens is 262 g/mol. The van der Waals surface area contributed by atoms with Gasteiger partial charge >= 0.3 is 0 Å². The van der Waals surface area contributed by atoms with Crippen LogP contribution in [0.2, 0.25) is 0 Å². The van der Waals surface area contributed by atoms with Crippen LogP contribution in [0.3, 0.4) is 0 Å². The van der Waals surface area contributed by atoms with E-state index < -0.39 is 0 Å². The summed E-state index contributed by atoms with van der Waals surface area (Å²) >= 11 is 0. The second-order valence-corrected chi connectivity index (χ2v) is 6.19. The lowest BCUT2D eigenvalue weighted by molar-refractivity contribution is 0.254. The first kappa shape index (κ1) is 14.6. The molecule has 3 rings (SSSR count). The number of aromatic nitrogens is 2. The van der Waals surface area contributed by atoms with Crippen molar-refractivity contribution in [1.82, 2.24) is 14.9 Å². The van der Waals surface area contributed by atoms with E-state index in [1.807, 2.05) is 0 Å². The maximum atomic E-state index is 4.62. The number of hydrogen-bond acceptors (Lipinski definition) is 5. The molecule has 2 bridgehead atoms. The van der Waals surface area contributed by atoms with Crippen molar-refractivity contribution in [2.75, 3.05) is 36.9 Å². The number of nitrogens with zero attached hydrogens (tertiary/aromatic N) is 4. The minimum Gasteiger partial charge on any atom is -0.370 e. The van der Waals surface area contributed by atoms with Crippen molar-refractivity contribution in [3.63, 3.8) is 0 Å². The largest absolute Gasteiger partial charge is 0.370 e. The zero-order valence-corrected chi connectivity index (χ0v) is 13.5. The van der Waals surface area contributed by atoms with E-state index in [9.17, 15) is 0 Å². The Hall–Kier alpha value is -1.36. The van der Waals surface area contributed by atoms with Gasteiger partial charge in [-0.15, -0.1) is 0 Å². The predicted octanol–water partition coefficient (Wildman–Crippen LogP) is 2.14. The van der Waals surface area contributed by atoms with Crippen molar-refractivity contribution in [2.45, 2.75) is 51.6 Å². The Morgan fingerprint density at radius 1 is 1.19 bits per heavy atom. The Labute approximate surface area is 127 Å². The Morgan fingerprint density at radius 3 is 2.76 bits per heavy atom. The van der Waals surface area contributed by atoms with E-state index in [-0.39, 0.29) is 0 Å². The van der Waals surface area contributed by atoms with Gasteiger partial charge in [-0.2, -0.15) is 0 Å². The molecule has 2 atom stereocenters. The van der Waals surface area contributed by atoms with Gasteiger partial charge in [0.15, 0.2) is 0 Å². The van der Waals surface area contributed by atoms with Crippen LogP contribution in [-0.2, 0) is 6.42 Å². The average molecular weight is 289 g/mol. The Bertz CT molecular complexity index is 490. The van der Waals surface area contributed by atoms with Gasteiger partial charge in [0.05, 0.1) is 0 Å². The highest BCUT2D eigenvalue weighted by Gasteiger charge is 2.35. The van der Waals surface area contributed by atoms with Gasteiger partial charge in [0.2, 0.25) is 0 Å². The minimum atomic E-state index is 0.680. The SMILES string of the molecule is CCNc1ncnc(N2CCC3CCC(C2)N3C)c1CC. The van der Waals surface area contributed by atoms with Crippen LogP contribution in [0.15, 0.2) is 6.33 Å². The summed E-state index contributed by atoms with van der Waals surface area (Å²) in [6.45, 7) is 7.42. The molecule has 21 heavy (non-hydrogen) atoms. The van der Waals surface area contributed by atoms with Crippen molar-refractivity contribution in [2.24, 2.45) is 0 Å². The fourth-order valence-electron chi connectivity index (χ4n) is 3.82. The fourth-order valence-corrected chi connectivity index (χ4v) is 3.82. The molecule has 1 N–H and O–H groups in total. The first-order valence-electron chi connectivity index (χ1n) is 8.29. The maximum Gasteiger partial charge on any atom is 0.137 e. The molecule has 0 aliphatic carbocycles. The molecule has 3 heterocycles. The van der Waals surface area contributed by atoms with Crippen LogP contribution in [0.5, 0.6) is 0 Å². The number of nitrogens with one attached hydrogen (secondary N) is 1. The third kappa shape index (κ3) is 2.71. The zero-order chi connectivity index (χ0) is 14.8. The smallest absolute Gasteiger partial charge is 0.137 e. The summed E-state index contributed by atoms with van der Waals surface area (Å²) in [5.74, 6) is 2.15. The second-order valence-electron chi connectivity index (χ2n) is 6.19. The predicted molar refractivity (Wildman–Crippen MR) is 87.0 cm³/mol. The summed E-state index contributed by atoms with van der Waals surface area (Å²) < 4.78 is 0. The van der Waals surface area contributed by atoms with Gasteiger partial charge in [-0.25, -0.2) is 9.97 Å². The first-order valence-corrected chi connectivity index (χ1v) is 8.29. The molecule has 2 fully saturated rings. The van der Waals surface area contributed by atoms with Gasteiger partial charge in [-0.1, -0.05) is 6.92 Å². The molecule has 5 heteroatoms. The van der Waals surface area contributed by atoms with Crippen molar-refractivity contribution in [1.29, 1.82) is 0 Å². The van der Waals surface area contributed by atoms with Gasteiger partial charge < -0.3 is 10.2 Å². The van der Waals surface area contributed by atoms with Gasteiger partial charge in [0.1, 0.15) is 18.0 Å². The van der Waals surface area contributed by atoms with Gasteiger partial charge in [-0.3, -0.25) is 4.90 Å². The Balaban J connectivity index is 1.88. The highest BCUT2D eigenvalue weighted by Crippen LogP contribution is 2.32. The highest BCUT2D eigenvalue weighted by molar-refractivity contribution is 5.59. The molecule has 0 spiro atoms. The number of hydrogen-bond donors (Lipinski definition) is 1. The number of rotatable bonds is 4. The molecule has 2 aliphatic rings. The molecular formula is C16H27N5. The number of likely N-dealkylation sites (N-methyl/N-ethyl adjacent to an activating group) is 1. The quantitative estimate of drug-likeness (QED) is 0.920. The van der Waals surface area contributed by atoms with Crippen molar-refractivity contribution in [3.8, 4) is 0 Å². The van der Waals surface area contributed by atoms with Crippen LogP contribution in [0.1, 0.15) is 38.7 Å². The summed E-state index contributed by atoms with van der Waals surface area (Å²) in [5.41, 5.74) is 1.26. The first-order chi connectivity index (χ1) is 10.2. The van der Waals surface area contributed by atoms with Gasteiger partial charge in [0.25, 0.3) is 0 Å². The van der Waals surface area contributed by atoms with Crippen LogP contribution in [-0.4, -0.2) is 53.6 Å². The van der Waals surface area contributed by atoms with Crippen molar-refractivity contribution < 1.29 is 0 Å². The standard InChI is InChI=1S/C16H27N5/c1-4-14-15(17-5-2)18-11-19-16(14)21-9-8-12-6-7-13(10-21)20(12)3/h11-13H,4-10H2,1-3H3,(H,17,18,19). The molecule has 116 valence electrons. The highest BCUT2D eigenvalue weighted by atomic mass is 15.3. The summed E-state index contributed by atoms with van der Waals surface area (Å²) in [4.78, 5) is 14.1. The lowest BCUT2D eigenvalue weighted by Gasteiger charge is -2.28. The van der Waals surface area contributed by atoms with Gasteiger partial charge in [-0.05, 0) is 39.7 Å². The van der Waals surface area contributed by atoms with E-state index in [1.54, 1.807) is 6.33 Å². The topological polar surface area (TPSA) is 44.3 Å². The van der Waals surface area contributed by atoms with E-state index in [4.69, 9.17) is 0 Å². The summed E-state index contributed by atoms with van der Waals surface area (Å²) in [7, 11) is 2.29. The third-order valence-electron chi connectivity index (χ3n) is 5.07. The second kappa shape index (κ2) is 6.18. The summed E-state index contributed by atoms with van der Waals surface area (Å²) in [5, 5.41) is 3.38. The minimum absolute atomic E-state index is 0.680. The van der Waals surface area contributed by atoms with E-state index in [0.29, 0.717) is 6.04 Å². The van der Waals surface area contributed by atoms with Crippen molar-refractivity contribution >= 4 is 11.6 Å². The Morgan fingerprint density at radius 2 is 2.00 bits per heavy atom. The van der Waals surface area contributed by atoms with Crippen LogP contribution in [0, 0.1) is 0 Å².